The maximum atomic E-state index is 5.19. The first-order valence-corrected chi connectivity index (χ1v) is 4.49. The van der Waals surface area contributed by atoms with Gasteiger partial charge >= 0.3 is 0 Å². The van der Waals surface area contributed by atoms with Crippen LogP contribution in [0, 0.1) is 0 Å². The fourth-order valence-corrected chi connectivity index (χ4v) is 2.04. The molecule has 2 heterocycles. The maximum Gasteiger partial charge on any atom is 0.174 e. The summed E-state index contributed by atoms with van der Waals surface area (Å²) < 4.78 is 0. The van der Waals surface area contributed by atoms with Crippen LogP contribution in [0.3, 0.4) is 0 Å². The molecule has 2 N–H and O–H groups in total. The number of hydrogen-bond donors (Lipinski definition) is 2. The van der Waals surface area contributed by atoms with E-state index in [9.17, 15) is 0 Å². The first-order valence-electron chi connectivity index (χ1n) is 3.68. The highest BCUT2D eigenvalue weighted by atomic mass is 32.1. The Morgan fingerprint density at radius 3 is 1.92 bits per heavy atom. The van der Waals surface area contributed by atoms with Crippen molar-refractivity contribution in [2.75, 3.05) is 14.1 Å². The summed E-state index contributed by atoms with van der Waals surface area (Å²) in [5.41, 5.74) is 0. The lowest BCUT2D eigenvalue weighted by Crippen LogP contribution is -2.41. The molecule has 2 aliphatic rings. The zero-order chi connectivity index (χ0) is 8.88. The van der Waals surface area contributed by atoms with E-state index in [1.165, 1.54) is 0 Å². The van der Waals surface area contributed by atoms with E-state index in [1.807, 2.05) is 23.9 Å². The van der Waals surface area contributed by atoms with E-state index in [0.717, 1.165) is 5.11 Å². The molecule has 0 aromatic rings. The fraction of sp³-hybridized carbons (Fsp3) is 0.667. The summed E-state index contributed by atoms with van der Waals surface area (Å²) >= 11 is 10.2. The fourth-order valence-electron chi connectivity index (χ4n) is 1.57. The summed E-state index contributed by atoms with van der Waals surface area (Å²) in [5, 5.41) is 7.83. The van der Waals surface area contributed by atoms with Crippen LogP contribution >= 0.6 is 24.4 Å². The molecule has 0 bridgehead atoms. The molecule has 0 aromatic carbocycles. The minimum absolute atomic E-state index is 0.190. The molecule has 2 rings (SSSR count). The van der Waals surface area contributed by atoms with Crippen molar-refractivity contribution in [2.45, 2.75) is 12.3 Å². The zero-order valence-corrected chi connectivity index (χ0v) is 8.50. The van der Waals surface area contributed by atoms with Gasteiger partial charge in [-0.05, 0) is 24.4 Å². The highest BCUT2D eigenvalue weighted by Crippen LogP contribution is 2.19. The van der Waals surface area contributed by atoms with Crippen LogP contribution in [0.4, 0.5) is 0 Å². The summed E-state index contributed by atoms with van der Waals surface area (Å²) in [4.78, 5) is 4.01. The summed E-state index contributed by atoms with van der Waals surface area (Å²) in [6.07, 6.45) is 0.380. The van der Waals surface area contributed by atoms with Crippen molar-refractivity contribution in [2.24, 2.45) is 0 Å². The molecule has 6 heteroatoms. The maximum absolute atomic E-state index is 5.19. The Morgan fingerprint density at radius 2 is 1.50 bits per heavy atom. The molecule has 66 valence electrons. The lowest BCUT2D eigenvalue weighted by atomic mass is 10.4. The minimum atomic E-state index is 0.190. The summed E-state index contributed by atoms with van der Waals surface area (Å²) in [5.74, 6) is 0. The van der Waals surface area contributed by atoms with Crippen molar-refractivity contribution in [1.29, 1.82) is 0 Å². The van der Waals surface area contributed by atoms with E-state index in [1.54, 1.807) is 0 Å². The molecule has 2 unspecified atom stereocenters. The van der Waals surface area contributed by atoms with Crippen LogP contribution in [0.15, 0.2) is 0 Å². The number of hydrogen-bond acceptors (Lipinski definition) is 2. The van der Waals surface area contributed by atoms with Crippen LogP contribution < -0.4 is 10.6 Å². The van der Waals surface area contributed by atoms with Gasteiger partial charge in [0.25, 0.3) is 0 Å². The highest BCUT2D eigenvalue weighted by molar-refractivity contribution is 7.80. The molecule has 0 amide bonds. The van der Waals surface area contributed by atoms with Crippen molar-refractivity contribution in [3.63, 3.8) is 0 Å². The lowest BCUT2D eigenvalue weighted by molar-refractivity contribution is 0.307. The zero-order valence-electron chi connectivity index (χ0n) is 6.87. The number of rotatable bonds is 0. The van der Waals surface area contributed by atoms with Gasteiger partial charge in [0.15, 0.2) is 10.2 Å². The van der Waals surface area contributed by atoms with Crippen molar-refractivity contribution < 1.29 is 0 Å². The second kappa shape index (κ2) is 2.43. The van der Waals surface area contributed by atoms with Crippen LogP contribution in [0.2, 0.25) is 0 Å². The van der Waals surface area contributed by atoms with Gasteiger partial charge < -0.3 is 20.4 Å². The predicted molar refractivity (Wildman–Crippen MR) is 54.6 cm³/mol. The molecular weight excluding hydrogens is 192 g/mol. The van der Waals surface area contributed by atoms with Gasteiger partial charge in [-0.2, -0.15) is 0 Å². The van der Waals surface area contributed by atoms with Crippen LogP contribution in [-0.4, -0.2) is 46.5 Å². The Morgan fingerprint density at radius 1 is 1.08 bits per heavy atom. The van der Waals surface area contributed by atoms with Crippen LogP contribution in [-0.2, 0) is 0 Å². The third-order valence-corrected chi connectivity index (χ3v) is 3.11. The van der Waals surface area contributed by atoms with Gasteiger partial charge in [0.05, 0.1) is 0 Å². The molecule has 0 spiro atoms. The van der Waals surface area contributed by atoms with Gasteiger partial charge in [-0.3, -0.25) is 0 Å². The second-order valence-electron chi connectivity index (χ2n) is 3.01. The molecule has 2 atom stereocenters. The Balaban J connectivity index is 2.26. The van der Waals surface area contributed by atoms with E-state index >= 15 is 0 Å². The Bertz CT molecular complexity index is 232. The SMILES string of the molecule is CN1C(=S)N(C)C2NC(=S)NC21. The Hall–Kier alpha value is -0.620. The van der Waals surface area contributed by atoms with Crippen molar-refractivity contribution >= 4 is 34.7 Å². The van der Waals surface area contributed by atoms with Crippen LogP contribution in [0.1, 0.15) is 0 Å². The molecule has 0 radical (unpaired) electrons. The van der Waals surface area contributed by atoms with Gasteiger partial charge in [0.1, 0.15) is 12.3 Å². The van der Waals surface area contributed by atoms with E-state index in [2.05, 4.69) is 10.6 Å². The average Bonchev–Trinajstić information content (AvgIpc) is 2.49. The van der Waals surface area contributed by atoms with Gasteiger partial charge in [-0.15, -0.1) is 0 Å². The van der Waals surface area contributed by atoms with Crippen molar-refractivity contribution in [3.05, 3.63) is 0 Å². The number of likely N-dealkylation sites (N-methyl/N-ethyl adjacent to an activating group) is 2. The third kappa shape index (κ3) is 0.879. The van der Waals surface area contributed by atoms with Gasteiger partial charge in [0.2, 0.25) is 0 Å². The molecule has 2 fully saturated rings. The third-order valence-electron chi connectivity index (χ3n) is 2.29. The van der Waals surface area contributed by atoms with Crippen molar-refractivity contribution in [1.82, 2.24) is 20.4 Å². The molecule has 4 nitrogen and oxygen atoms in total. The molecule has 0 aliphatic carbocycles. The first kappa shape index (κ1) is 8.00. The lowest BCUT2D eigenvalue weighted by Gasteiger charge is -2.18. The Kier molecular flexibility index (Phi) is 1.62. The quantitative estimate of drug-likeness (QED) is 0.504. The molecule has 0 aromatic heterocycles. The molecule has 2 saturated heterocycles. The summed E-state index contributed by atoms with van der Waals surface area (Å²) in [6, 6.07) is 0. The summed E-state index contributed by atoms with van der Waals surface area (Å²) in [7, 11) is 3.93. The largest absolute Gasteiger partial charge is 0.339 e. The predicted octanol–water partition coefficient (Wildman–Crippen LogP) is -0.722. The molecule has 0 saturated carbocycles. The second-order valence-corrected chi connectivity index (χ2v) is 3.79. The number of thiocarbonyl (C=S) groups is 2. The van der Waals surface area contributed by atoms with E-state index < -0.39 is 0 Å². The van der Waals surface area contributed by atoms with Gasteiger partial charge in [0, 0.05) is 14.1 Å². The normalized spacial score (nSPS) is 33.5. The molecular formula is C6H10N4S2. The van der Waals surface area contributed by atoms with Crippen LogP contribution in [0.5, 0.6) is 0 Å². The number of nitrogens with one attached hydrogen (secondary N) is 2. The summed E-state index contributed by atoms with van der Waals surface area (Å²) in [6.45, 7) is 0. The van der Waals surface area contributed by atoms with Crippen LogP contribution in [0.25, 0.3) is 0 Å². The minimum Gasteiger partial charge on any atom is -0.339 e. The first-order chi connectivity index (χ1) is 5.61. The van der Waals surface area contributed by atoms with E-state index in [4.69, 9.17) is 24.4 Å². The number of fused-ring (bicyclic) bond motifs is 1. The highest BCUT2D eigenvalue weighted by Gasteiger charge is 2.44. The monoisotopic (exact) mass is 202 g/mol. The molecule has 12 heavy (non-hydrogen) atoms. The van der Waals surface area contributed by atoms with E-state index in [-0.39, 0.29) is 12.3 Å². The average molecular weight is 202 g/mol. The van der Waals surface area contributed by atoms with Gasteiger partial charge in [-0.25, -0.2) is 0 Å². The Labute approximate surface area is 81.9 Å². The van der Waals surface area contributed by atoms with Crippen molar-refractivity contribution in [3.8, 4) is 0 Å². The van der Waals surface area contributed by atoms with Gasteiger partial charge in [-0.1, -0.05) is 0 Å². The smallest absolute Gasteiger partial charge is 0.174 e. The topological polar surface area (TPSA) is 30.5 Å². The molecule has 2 aliphatic heterocycles. The standard InChI is InChI=1S/C6H10N4S2/c1-9-3-4(8-5(11)7-3)10(2)6(9)12/h3-4H,1-2H3,(H2,7,8,11). The van der Waals surface area contributed by atoms with E-state index in [0.29, 0.717) is 5.11 Å². The number of nitrogens with zero attached hydrogens (tertiary/aromatic N) is 2.